The summed E-state index contributed by atoms with van der Waals surface area (Å²) in [5.74, 6) is -2.19. The lowest BCUT2D eigenvalue weighted by atomic mass is 9.75. The second-order valence-corrected chi connectivity index (χ2v) is 9.82. The molecule has 0 spiro atoms. The van der Waals surface area contributed by atoms with Crippen molar-refractivity contribution >= 4 is 43.8 Å². The predicted molar refractivity (Wildman–Crippen MR) is 129 cm³/mol. The van der Waals surface area contributed by atoms with Crippen LogP contribution in [-0.2, 0) is 10.3 Å². The Hall–Kier alpha value is -2.84. The highest BCUT2D eigenvalue weighted by Gasteiger charge is 2.53. The first-order chi connectivity index (χ1) is 15.4. The van der Waals surface area contributed by atoms with Gasteiger partial charge in [-0.25, -0.2) is 9.59 Å². The third-order valence-electron chi connectivity index (χ3n) is 6.05. The van der Waals surface area contributed by atoms with Crippen LogP contribution < -0.4 is 0 Å². The van der Waals surface area contributed by atoms with Crippen LogP contribution in [0, 0.1) is 27.7 Å². The molecule has 0 aromatic heterocycles. The first-order valence-corrected chi connectivity index (χ1v) is 11.6. The lowest BCUT2D eigenvalue weighted by Gasteiger charge is -2.35. The van der Waals surface area contributed by atoms with Gasteiger partial charge in [0, 0.05) is 5.56 Å². The molecule has 0 unspecified atom stereocenters. The number of hydrogen-bond donors (Lipinski definition) is 3. The van der Waals surface area contributed by atoms with E-state index in [2.05, 4.69) is 31.9 Å². The van der Waals surface area contributed by atoms with Crippen LogP contribution in [0.25, 0.3) is 0 Å². The summed E-state index contributed by atoms with van der Waals surface area (Å²) in [5.41, 5.74) is 1.76. The van der Waals surface area contributed by atoms with Crippen LogP contribution in [0.2, 0.25) is 0 Å². The van der Waals surface area contributed by atoms with Crippen LogP contribution in [0.1, 0.15) is 59.7 Å². The van der Waals surface area contributed by atoms with Crippen molar-refractivity contribution in [1.29, 1.82) is 0 Å². The highest BCUT2D eigenvalue weighted by atomic mass is 79.9. The van der Waals surface area contributed by atoms with Gasteiger partial charge >= 0.3 is 11.9 Å². The lowest BCUT2D eigenvalue weighted by molar-refractivity contribution is 0.0235. The number of phenolic OH excluding ortho intramolecular Hbond substituents is 2. The number of carbonyl (C=O) groups excluding carboxylic acids is 1. The van der Waals surface area contributed by atoms with E-state index < -0.39 is 17.5 Å². The Bertz CT molecular complexity index is 1310. The normalized spacial score (nSPS) is 14.2. The largest absolute Gasteiger partial charge is 0.506 e. The summed E-state index contributed by atoms with van der Waals surface area (Å²) >= 11 is 6.81. The molecule has 1 aliphatic heterocycles. The lowest BCUT2D eigenvalue weighted by Crippen LogP contribution is -2.32. The van der Waals surface area contributed by atoms with Crippen LogP contribution >= 0.6 is 31.9 Å². The van der Waals surface area contributed by atoms with Crippen LogP contribution in [0.4, 0.5) is 0 Å². The molecule has 0 saturated heterocycles. The molecule has 33 heavy (non-hydrogen) atoms. The molecule has 0 atom stereocenters. The van der Waals surface area contributed by atoms with E-state index in [-0.39, 0.29) is 39.3 Å². The van der Waals surface area contributed by atoms with Crippen molar-refractivity contribution in [1.82, 2.24) is 0 Å². The summed E-state index contributed by atoms with van der Waals surface area (Å²) in [7, 11) is 0. The maximum absolute atomic E-state index is 13.1. The van der Waals surface area contributed by atoms with Gasteiger partial charge in [0.2, 0.25) is 0 Å². The molecule has 170 valence electrons. The number of carboxylic acids is 1. The topological polar surface area (TPSA) is 104 Å². The maximum Gasteiger partial charge on any atom is 0.340 e. The molecule has 3 aromatic rings. The van der Waals surface area contributed by atoms with Crippen LogP contribution in [0.5, 0.6) is 11.5 Å². The third kappa shape index (κ3) is 3.27. The third-order valence-corrected chi connectivity index (χ3v) is 8.05. The van der Waals surface area contributed by atoms with E-state index in [4.69, 9.17) is 4.74 Å². The molecule has 0 amide bonds. The molecule has 0 fully saturated rings. The molecule has 0 bridgehead atoms. The maximum atomic E-state index is 13.1. The summed E-state index contributed by atoms with van der Waals surface area (Å²) in [6, 6.07) is 7.73. The molecule has 6 nitrogen and oxygen atoms in total. The van der Waals surface area contributed by atoms with Gasteiger partial charge in [-0.2, -0.15) is 0 Å². The number of fused-ring (bicyclic) bond motifs is 1. The highest BCUT2D eigenvalue weighted by Crippen LogP contribution is 2.56. The SMILES string of the molecule is Cc1cc(C)c(C2(c3c(C)cc(C)c(Br)c3O)OC(=O)c3ccc(C(=O)O)cc32)c(O)c1Br. The van der Waals surface area contributed by atoms with Gasteiger partial charge < -0.3 is 20.1 Å². The quantitative estimate of drug-likeness (QED) is 0.330. The van der Waals surface area contributed by atoms with Crippen LogP contribution in [0.3, 0.4) is 0 Å². The Labute approximate surface area is 207 Å². The Morgan fingerprint density at radius 1 is 0.848 bits per heavy atom. The number of halogens is 2. The second kappa shape index (κ2) is 7.88. The molecule has 3 aromatic carbocycles. The number of esters is 1. The fraction of sp³-hybridized carbons (Fsp3) is 0.200. The molecule has 0 radical (unpaired) electrons. The molecule has 1 heterocycles. The molecule has 8 heteroatoms. The fourth-order valence-electron chi connectivity index (χ4n) is 4.67. The summed E-state index contributed by atoms with van der Waals surface area (Å²) < 4.78 is 6.86. The Morgan fingerprint density at radius 2 is 1.33 bits per heavy atom. The van der Waals surface area contributed by atoms with Gasteiger partial charge in [-0.05, 0) is 100 Å². The molecule has 0 aliphatic carbocycles. The number of carbonyl (C=O) groups is 2. The zero-order valence-corrected chi connectivity index (χ0v) is 21.4. The number of benzene rings is 3. The second-order valence-electron chi connectivity index (χ2n) is 8.23. The number of aromatic hydroxyl groups is 2. The van der Waals surface area contributed by atoms with E-state index in [1.54, 1.807) is 13.8 Å². The summed E-state index contributed by atoms with van der Waals surface area (Å²) in [4.78, 5) is 24.9. The molecule has 1 aliphatic rings. The minimum Gasteiger partial charge on any atom is -0.506 e. The minimum atomic E-state index is -1.79. The first kappa shape index (κ1) is 23.3. The van der Waals surface area contributed by atoms with Gasteiger partial charge in [0.25, 0.3) is 0 Å². The van der Waals surface area contributed by atoms with Crippen LogP contribution in [-0.4, -0.2) is 27.3 Å². The first-order valence-electron chi connectivity index (χ1n) is 10.0. The number of rotatable bonds is 3. The van der Waals surface area contributed by atoms with Gasteiger partial charge in [0.1, 0.15) is 11.5 Å². The number of phenols is 2. The molecule has 4 rings (SSSR count). The zero-order valence-electron chi connectivity index (χ0n) is 18.2. The average molecular weight is 576 g/mol. The van der Waals surface area contributed by atoms with E-state index in [1.807, 2.05) is 26.0 Å². The standard InChI is InChI=1S/C25H20Br2O6/c1-10-7-12(3)19(26)21(28)17(10)25(18-11(2)8-13(4)20(27)22(18)29)16-9-14(23(30)31)5-6-15(16)24(32)33-25/h5-9,28-29H,1-4H3,(H,30,31). The average Bonchev–Trinajstić information content (AvgIpc) is 3.02. The molecular formula is C25H20Br2O6. The number of cyclic esters (lactones) is 1. The highest BCUT2D eigenvalue weighted by molar-refractivity contribution is 9.11. The summed E-state index contributed by atoms with van der Waals surface area (Å²) in [5, 5.41) is 32.2. The number of aromatic carboxylic acids is 1. The molecular weight excluding hydrogens is 556 g/mol. The van der Waals surface area contributed by atoms with Crippen molar-refractivity contribution < 1.29 is 29.6 Å². The minimum absolute atomic E-state index is 0.0527. The van der Waals surface area contributed by atoms with Gasteiger partial charge in [-0.15, -0.1) is 0 Å². The van der Waals surface area contributed by atoms with Crippen molar-refractivity contribution in [3.05, 3.63) is 89.3 Å². The number of aryl methyl sites for hydroxylation is 4. The molecule has 0 saturated carbocycles. The van der Waals surface area contributed by atoms with Crippen molar-refractivity contribution in [2.45, 2.75) is 33.3 Å². The van der Waals surface area contributed by atoms with Crippen LogP contribution in [0.15, 0.2) is 39.3 Å². The summed E-state index contributed by atoms with van der Waals surface area (Å²) in [6.07, 6.45) is 0. The number of ether oxygens (including phenoxy) is 1. The number of hydrogen-bond acceptors (Lipinski definition) is 5. The van der Waals surface area contributed by atoms with Gasteiger partial charge in [0.15, 0.2) is 5.60 Å². The Balaban J connectivity index is 2.27. The number of carboxylic acid groups (broad SMARTS) is 1. The summed E-state index contributed by atoms with van der Waals surface area (Å²) in [6.45, 7) is 7.16. The van der Waals surface area contributed by atoms with E-state index in [1.165, 1.54) is 18.2 Å². The van der Waals surface area contributed by atoms with Crippen molar-refractivity contribution in [2.75, 3.05) is 0 Å². The predicted octanol–water partition coefficient (Wildman–Crippen LogP) is 6.02. The van der Waals surface area contributed by atoms with E-state index in [0.29, 0.717) is 20.1 Å². The smallest absolute Gasteiger partial charge is 0.340 e. The van der Waals surface area contributed by atoms with Crippen molar-refractivity contribution in [2.24, 2.45) is 0 Å². The van der Waals surface area contributed by atoms with Gasteiger partial charge in [-0.1, -0.05) is 12.1 Å². The van der Waals surface area contributed by atoms with Gasteiger partial charge in [-0.3, -0.25) is 0 Å². The molecule has 3 N–H and O–H groups in total. The van der Waals surface area contributed by atoms with E-state index in [9.17, 15) is 24.9 Å². The Kier molecular flexibility index (Phi) is 5.57. The van der Waals surface area contributed by atoms with E-state index in [0.717, 1.165) is 11.1 Å². The van der Waals surface area contributed by atoms with E-state index >= 15 is 0 Å². The van der Waals surface area contributed by atoms with Crippen molar-refractivity contribution in [3.8, 4) is 11.5 Å². The fourth-order valence-corrected chi connectivity index (χ4v) is 5.29. The van der Waals surface area contributed by atoms with Gasteiger partial charge in [0.05, 0.1) is 31.2 Å². The Morgan fingerprint density at radius 3 is 1.79 bits per heavy atom. The zero-order chi connectivity index (χ0) is 24.4. The van der Waals surface area contributed by atoms with Crippen molar-refractivity contribution in [3.63, 3.8) is 0 Å². The monoisotopic (exact) mass is 574 g/mol.